The number of hydrazine groups is 1. The van der Waals surface area contributed by atoms with Crippen LogP contribution in [0.4, 0.5) is 5.82 Å². The van der Waals surface area contributed by atoms with E-state index in [-0.39, 0.29) is 5.12 Å². The molecule has 1 aromatic heterocycles. The van der Waals surface area contributed by atoms with E-state index in [0.29, 0.717) is 12.2 Å². The van der Waals surface area contributed by atoms with Crippen LogP contribution >= 0.6 is 11.8 Å². The van der Waals surface area contributed by atoms with Crippen molar-refractivity contribution in [1.29, 1.82) is 0 Å². The van der Waals surface area contributed by atoms with Crippen molar-refractivity contribution in [3.05, 3.63) is 23.9 Å². The molecule has 0 saturated heterocycles. The first-order valence-corrected chi connectivity index (χ1v) is 5.76. The molecular weight excluding hydrogens is 222 g/mol. The second kappa shape index (κ2) is 6.88. The molecule has 5 heteroatoms. The van der Waals surface area contributed by atoms with E-state index in [2.05, 4.69) is 22.3 Å². The molecule has 0 aliphatic carbocycles. The van der Waals surface area contributed by atoms with E-state index in [0.717, 1.165) is 11.3 Å². The average molecular weight is 235 g/mol. The molecule has 0 saturated carbocycles. The SMILES string of the molecule is CC(=O)SCCC#Cc1ccc(NN)nc1. The Kier molecular flexibility index (Phi) is 5.40. The number of thioether (sulfide) groups is 1. The molecule has 0 fully saturated rings. The van der Waals surface area contributed by atoms with Gasteiger partial charge in [0.15, 0.2) is 5.12 Å². The van der Waals surface area contributed by atoms with Gasteiger partial charge in [0.1, 0.15) is 5.82 Å². The van der Waals surface area contributed by atoms with E-state index in [1.165, 1.54) is 11.8 Å². The molecule has 16 heavy (non-hydrogen) atoms. The average Bonchev–Trinajstić information content (AvgIpc) is 2.29. The zero-order valence-electron chi connectivity index (χ0n) is 8.99. The molecule has 0 aromatic carbocycles. The van der Waals surface area contributed by atoms with Gasteiger partial charge in [-0.2, -0.15) is 0 Å². The summed E-state index contributed by atoms with van der Waals surface area (Å²) in [5.74, 6) is 12.5. The molecule has 0 unspecified atom stereocenters. The van der Waals surface area contributed by atoms with Gasteiger partial charge >= 0.3 is 0 Å². The van der Waals surface area contributed by atoms with E-state index >= 15 is 0 Å². The Hall–Kier alpha value is -1.51. The fourth-order valence-electron chi connectivity index (χ4n) is 0.964. The Morgan fingerprint density at radius 2 is 2.44 bits per heavy atom. The second-order valence-electron chi connectivity index (χ2n) is 2.97. The van der Waals surface area contributed by atoms with Crippen LogP contribution in [0.2, 0.25) is 0 Å². The number of hydrogen-bond acceptors (Lipinski definition) is 5. The quantitative estimate of drug-likeness (QED) is 0.358. The topological polar surface area (TPSA) is 68.0 Å². The van der Waals surface area contributed by atoms with Crippen molar-refractivity contribution in [3.8, 4) is 11.8 Å². The molecule has 0 amide bonds. The molecule has 1 aromatic rings. The van der Waals surface area contributed by atoms with E-state index in [1.54, 1.807) is 19.2 Å². The molecule has 0 spiro atoms. The minimum atomic E-state index is 0.127. The Labute approximate surface area is 99.0 Å². The highest BCUT2D eigenvalue weighted by Gasteiger charge is 1.92. The molecule has 1 rings (SSSR count). The number of carbonyl (C=O) groups excluding carboxylic acids is 1. The number of nitrogens with one attached hydrogen (secondary N) is 1. The van der Waals surface area contributed by atoms with Crippen LogP contribution in [0.5, 0.6) is 0 Å². The first-order chi connectivity index (χ1) is 7.72. The summed E-state index contributed by atoms with van der Waals surface area (Å²) in [7, 11) is 0. The summed E-state index contributed by atoms with van der Waals surface area (Å²) in [6.07, 6.45) is 2.35. The van der Waals surface area contributed by atoms with Crippen LogP contribution in [0, 0.1) is 11.8 Å². The van der Waals surface area contributed by atoms with Crippen molar-refractivity contribution in [1.82, 2.24) is 4.98 Å². The van der Waals surface area contributed by atoms with Crippen LogP contribution in [0.15, 0.2) is 18.3 Å². The highest BCUT2D eigenvalue weighted by Crippen LogP contribution is 2.03. The van der Waals surface area contributed by atoms with Gasteiger partial charge < -0.3 is 5.43 Å². The summed E-state index contributed by atoms with van der Waals surface area (Å²) in [6.45, 7) is 1.56. The van der Waals surface area contributed by atoms with Crippen molar-refractivity contribution in [2.24, 2.45) is 5.84 Å². The minimum Gasteiger partial charge on any atom is -0.308 e. The number of hydrogen-bond donors (Lipinski definition) is 2. The Balaban J connectivity index is 2.41. The van der Waals surface area contributed by atoms with Gasteiger partial charge in [0.2, 0.25) is 0 Å². The van der Waals surface area contributed by atoms with Gasteiger partial charge in [0.05, 0.1) is 0 Å². The molecule has 0 aliphatic rings. The fraction of sp³-hybridized carbons (Fsp3) is 0.273. The lowest BCUT2D eigenvalue weighted by Gasteiger charge is -1.96. The monoisotopic (exact) mass is 235 g/mol. The highest BCUT2D eigenvalue weighted by molar-refractivity contribution is 8.13. The summed E-state index contributed by atoms with van der Waals surface area (Å²) < 4.78 is 0. The highest BCUT2D eigenvalue weighted by atomic mass is 32.2. The molecule has 4 nitrogen and oxygen atoms in total. The predicted octanol–water partition coefficient (Wildman–Crippen LogP) is 1.39. The maximum Gasteiger partial charge on any atom is 0.185 e. The van der Waals surface area contributed by atoms with Crippen molar-refractivity contribution in [2.45, 2.75) is 13.3 Å². The van der Waals surface area contributed by atoms with Crippen molar-refractivity contribution in [2.75, 3.05) is 11.2 Å². The van der Waals surface area contributed by atoms with E-state index in [1.807, 2.05) is 6.07 Å². The van der Waals surface area contributed by atoms with E-state index in [4.69, 9.17) is 5.84 Å². The summed E-state index contributed by atoms with van der Waals surface area (Å²) in [6, 6.07) is 3.60. The van der Waals surface area contributed by atoms with Crippen LogP contribution in [0.1, 0.15) is 18.9 Å². The Bertz CT molecular complexity index is 405. The molecular formula is C11H13N3OS. The van der Waals surface area contributed by atoms with Gasteiger partial charge in [-0.3, -0.25) is 4.79 Å². The lowest BCUT2D eigenvalue weighted by Crippen LogP contribution is -2.07. The molecule has 1 heterocycles. The number of aromatic nitrogens is 1. The lowest BCUT2D eigenvalue weighted by molar-refractivity contribution is -0.109. The Morgan fingerprint density at radius 1 is 1.62 bits per heavy atom. The minimum absolute atomic E-state index is 0.127. The standard InChI is InChI=1S/C11H13N3OS/c1-9(15)16-7-3-2-4-10-5-6-11(14-12)13-8-10/h5-6,8H,3,7,12H2,1H3,(H,13,14). The molecule has 0 bridgehead atoms. The number of nitrogens with two attached hydrogens (primary N) is 1. The summed E-state index contributed by atoms with van der Waals surface area (Å²) in [5, 5.41) is 0.127. The van der Waals surface area contributed by atoms with Crippen molar-refractivity contribution in [3.63, 3.8) is 0 Å². The molecule has 0 radical (unpaired) electrons. The zero-order chi connectivity index (χ0) is 11.8. The third kappa shape index (κ3) is 4.82. The van der Waals surface area contributed by atoms with E-state index in [9.17, 15) is 4.79 Å². The van der Waals surface area contributed by atoms with Crippen LogP contribution in [-0.2, 0) is 4.79 Å². The van der Waals surface area contributed by atoms with Gasteiger partial charge in [-0.25, -0.2) is 10.8 Å². The van der Waals surface area contributed by atoms with Gasteiger partial charge in [-0.05, 0) is 12.1 Å². The smallest absolute Gasteiger partial charge is 0.185 e. The van der Waals surface area contributed by atoms with Crippen molar-refractivity contribution < 1.29 is 4.79 Å². The van der Waals surface area contributed by atoms with Crippen LogP contribution < -0.4 is 11.3 Å². The maximum atomic E-state index is 10.6. The predicted molar refractivity (Wildman–Crippen MR) is 66.7 cm³/mol. The summed E-state index contributed by atoms with van der Waals surface area (Å²) >= 11 is 1.29. The summed E-state index contributed by atoms with van der Waals surface area (Å²) in [5.41, 5.74) is 3.28. The van der Waals surface area contributed by atoms with Crippen LogP contribution in [0.3, 0.4) is 0 Å². The number of pyridine rings is 1. The molecule has 0 atom stereocenters. The first kappa shape index (κ1) is 12.6. The largest absolute Gasteiger partial charge is 0.308 e. The van der Waals surface area contributed by atoms with Crippen LogP contribution in [0.25, 0.3) is 0 Å². The number of nitrogens with zero attached hydrogens (tertiary/aromatic N) is 1. The third-order valence-corrected chi connectivity index (χ3v) is 2.49. The van der Waals surface area contributed by atoms with Gasteiger partial charge in [-0.15, -0.1) is 0 Å². The normalized spacial score (nSPS) is 9.12. The van der Waals surface area contributed by atoms with Gasteiger partial charge in [-0.1, -0.05) is 23.6 Å². The molecule has 3 N–H and O–H groups in total. The maximum absolute atomic E-state index is 10.6. The number of rotatable bonds is 3. The number of nitrogen functional groups attached to an aromatic ring is 1. The number of carbonyl (C=O) groups is 1. The van der Waals surface area contributed by atoms with E-state index < -0.39 is 0 Å². The zero-order valence-corrected chi connectivity index (χ0v) is 9.80. The first-order valence-electron chi connectivity index (χ1n) is 4.77. The fourth-order valence-corrected chi connectivity index (χ4v) is 1.46. The number of anilines is 1. The molecule has 0 aliphatic heterocycles. The second-order valence-corrected chi connectivity index (χ2v) is 4.24. The van der Waals surface area contributed by atoms with Crippen molar-refractivity contribution >= 4 is 22.7 Å². The summed E-state index contributed by atoms with van der Waals surface area (Å²) in [4.78, 5) is 14.7. The molecule has 84 valence electrons. The van der Waals surface area contributed by atoms with Gasteiger partial charge in [0.25, 0.3) is 0 Å². The van der Waals surface area contributed by atoms with Gasteiger partial charge in [0, 0.05) is 30.9 Å². The lowest BCUT2D eigenvalue weighted by atomic mass is 10.3. The Morgan fingerprint density at radius 3 is 3.00 bits per heavy atom. The van der Waals surface area contributed by atoms with Crippen LogP contribution in [-0.4, -0.2) is 15.9 Å². The third-order valence-electron chi connectivity index (χ3n) is 1.68.